The summed E-state index contributed by atoms with van der Waals surface area (Å²) in [6.07, 6.45) is 1.25. The van der Waals surface area contributed by atoms with Crippen molar-refractivity contribution in [3.63, 3.8) is 0 Å². The topological polar surface area (TPSA) is 64.4 Å². The van der Waals surface area contributed by atoms with Crippen molar-refractivity contribution in [1.82, 2.24) is 4.98 Å². The third-order valence-electron chi connectivity index (χ3n) is 2.55. The van der Waals surface area contributed by atoms with Crippen LogP contribution in [0.4, 0.5) is 5.69 Å². The normalized spacial score (nSPS) is 10.2. The van der Waals surface area contributed by atoms with Crippen molar-refractivity contribution in [3.8, 4) is 5.75 Å². The van der Waals surface area contributed by atoms with Gasteiger partial charge in [0.05, 0.1) is 18.5 Å². The van der Waals surface area contributed by atoms with E-state index in [1.807, 2.05) is 19.1 Å². The zero-order valence-electron chi connectivity index (χ0n) is 10.5. The first-order valence-corrected chi connectivity index (χ1v) is 5.48. The molecule has 0 fully saturated rings. The summed E-state index contributed by atoms with van der Waals surface area (Å²) in [5.74, 6) is 0.471. The fraction of sp³-hybridized carbons (Fsp3) is 0.231. The molecule has 0 aliphatic heterocycles. The van der Waals surface area contributed by atoms with Crippen LogP contribution in [0.3, 0.4) is 0 Å². The maximum atomic E-state index is 12.0. The quantitative estimate of drug-likeness (QED) is 0.903. The Hall–Kier alpha value is -2.30. The highest BCUT2D eigenvalue weighted by Gasteiger charge is 2.15. The first kappa shape index (κ1) is 12.2. The summed E-state index contributed by atoms with van der Waals surface area (Å²) in [6.45, 7) is 3.65. The molecule has 0 aliphatic carbocycles. The molecule has 2 rings (SSSR count). The van der Waals surface area contributed by atoms with E-state index in [1.54, 1.807) is 20.1 Å². The van der Waals surface area contributed by atoms with Crippen LogP contribution < -0.4 is 10.1 Å². The summed E-state index contributed by atoms with van der Waals surface area (Å²) in [4.78, 5) is 15.9. The molecule has 2 aromatic rings. The third kappa shape index (κ3) is 2.34. The van der Waals surface area contributed by atoms with Gasteiger partial charge in [-0.05, 0) is 31.5 Å². The molecule has 1 heterocycles. The van der Waals surface area contributed by atoms with Crippen LogP contribution in [-0.2, 0) is 0 Å². The second-order valence-electron chi connectivity index (χ2n) is 3.92. The zero-order valence-corrected chi connectivity index (χ0v) is 10.5. The van der Waals surface area contributed by atoms with Crippen LogP contribution in [-0.4, -0.2) is 18.0 Å². The lowest BCUT2D eigenvalue weighted by Gasteiger charge is -2.10. The lowest BCUT2D eigenvalue weighted by molar-refractivity contribution is 0.0995. The van der Waals surface area contributed by atoms with Crippen molar-refractivity contribution < 1.29 is 13.9 Å². The second-order valence-corrected chi connectivity index (χ2v) is 3.92. The number of aromatic nitrogens is 1. The van der Waals surface area contributed by atoms with Crippen molar-refractivity contribution in [2.45, 2.75) is 13.8 Å². The van der Waals surface area contributed by atoms with Gasteiger partial charge in [0.25, 0.3) is 5.91 Å². The van der Waals surface area contributed by atoms with Crippen LogP contribution in [0.1, 0.15) is 21.8 Å². The Morgan fingerprint density at radius 1 is 1.39 bits per heavy atom. The van der Waals surface area contributed by atoms with Crippen LogP contribution in [0, 0.1) is 13.8 Å². The van der Waals surface area contributed by atoms with Gasteiger partial charge in [-0.15, -0.1) is 0 Å². The molecule has 0 radical (unpaired) electrons. The third-order valence-corrected chi connectivity index (χ3v) is 2.55. The van der Waals surface area contributed by atoms with E-state index in [0.717, 1.165) is 5.56 Å². The summed E-state index contributed by atoms with van der Waals surface area (Å²) < 4.78 is 10.2. The molecule has 0 atom stereocenters. The molecule has 0 bridgehead atoms. The maximum Gasteiger partial charge on any atom is 0.293 e. The van der Waals surface area contributed by atoms with E-state index >= 15 is 0 Å². The number of hydrogen-bond donors (Lipinski definition) is 1. The number of carbonyl (C=O) groups is 1. The van der Waals surface area contributed by atoms with E-state index in [-0.39, 0.29) is 11.7 Å². The predicted octanol–water partition coefficient (Wildman–Crippen LogP) is 2.55. The number of ether oxygens (including phenoxy) is 1. The monoisotopic (exact) mass is 246 g/mol. The van der Waals surface area contributed by atoms with Gasteiger partial charge in [0.1, 0.15) is 5.75 Å². The first-order valence-electron chi connectivity index (χ1n) is 5.48. The number of nitrogens with zero attached hydrogens (tertiary/aromatic N) is 1. The number of carbonyl (C=O) groups excluding carboxylic acids is 1. The SMILES string of the molecule is COc1ccc(C)cc1NC(=O)c1ocnc1C. The molecular weight excluding hydrogens is 232 g/mol. The smallest absolute Gasteiger partial charge is 0.293 e. The highest BCUT2D eigenvalue weighted by atomic mass is 16.5. The van der Waals surface area contributed by atoms with Crippen molar-refractivity contribution >= 4 is 11.6 Å². The molecule has 0 saturated heterocycles. The van der Waals surface area contributed by atoms with E-state index < -0.39 is 0 Å². The van der Waals surface area contributed by atoms with E-state index in [9.17, 15) is 4.79 Å². The molecule has 94 valence electrons. The average Bonchev–Trinajstić information content (AvgIpc) is 2.76. The summed E-state index contributed by atoms with van der Waals surface area (Å²) >= 11 is 0. The molecule has 0 saturated carbocycles. The van der Waals surface area contributed by atoms with E-state index in [4.69, 9.17) is 9.15 Å². The van der Waals surface area contributed by atoms with Crippen LogP contribution in [0.25, 0.3) is 0 Å². The van der Waals surface area contributed by atoms with E-state index in [2.05, 4.69) is 10.3 Å². The lowest BCUT2D eigenvalue weighted by atomic mass is 10.2. The number of anilines is 1. The highest BCUT2D eigenvalue weighted by Crippen LogP contribution is 2.25. The second kappa shape index (κ2) is 4.91. The Kier molecular flexibility index (Phi) is 3.32. The number of methoxy groups -OCH3 is 1. The van der Waals surface area contributed by atoms with Crippen LogP contribution >= 0.6 is 0 Å². The number of hydrogen-bond acceptors (Lipinski definition) is 4. The number of aryl methyl sites for hydroxylation is 2. The highest BCUT2D eigenvalue weighted by molar-refractivity contribution is 6.03. The Labute approximate surface area is 105 Å². The molecule has 1 N–H and O–H groups in total. The lowest BCUT2D eigenvalue weighted by Crippen LogP contribution is -2.13. The summed E-state index contributed by atoms with van der Waals surface area (Å²) in [5, 5.41) is 2.75. The predicted molar refractivity (Wildman–Crippen MR) is 66.9 cm³/mol. The first-order chi connectivity index (χ1) is 8.61. The van der Waals surface area contributed by atoms with Gasteiger partial charge in [0, 0.05) is 0 Å². The van der Waals surface area contributed by atoms with Gasteiger partial charge < -0.3 is 14.5 Å². The maximum absolute atomic E-state index is 12.0. The Bertz CT molecular complexity index is 575. The van der Waals surface area contributed by atoms with Crippen molar-refractivity contribution in [1.29, 1.82) is 0 Å². The van der Waals surface area contributed by atoms with Gasteiger partial charge in [-0.25, -0.2) is 4.98 Å². The number of rotatable bonds is 3. The van der Waals surface area contributed by atoms with Crippen molar-refractivity contribution in [3.05, 3.63) is 41.6 Å². The van der Waals surface area contributed by atoms with Gasteiger partial charge in [-0.3, -0.25) is 4.79 Å². The van der Waals surface area contributed by atoms with Gasteiger partial charge in [0.2, 0.25) is 5.76 Å². The van der Waals surface area contributed by atoms with Crippen molar-refractivity contribution in [2.75, 3.05) is 12.4 Å². The molecule has 0 spiro atoms. The number of benzene rings is 1. The molecule has 5 nitrogen and oxygen atoms in total. The summed E-state index contributed by atoms with van der Waals surface area (Å²) in [6, 6.07) is 5.55. The average molecular weight is 246 g/mol. The van der Waals surface area contributed by atoms with Gasteiger partial charge >= 0.3 is 0 Å². The number of nitrogens with one attached hydrogen (secondary N) is 1. The van der Waals surface area contributed by atoms with Crippen LogP contribution in [0.2, 0.25) is 0 Å². The fourth-order valence-corrected chi connectivity index (χ4v) is 1.62. The van der Waals surface area contributed by atoms with Crippen LogP contribution in [0.5, 0.6) is 5.75 Å². The largest absolute Gasteiger partial charge is 0.495 e. The molecular formula is C13H14N2O3. The molecule has 1 aromatic heterocycles. The molecule has 18 heavy (non-hydrogen) atoms. The summed E-state index contributed by atoms with van der Waals surface area (Å²) in [5.41, 5.74) is 2.19. The minimum absolute atomic E-state index is 0.207. The minimum Gasteiger partial charge on any atom is -0.495 e. The molecule has 5 heteroatoms. The fourth-order valence-electron chi connectivity index (χ4n) is 1.62. The Balaban J connectivity index is 2.27. The Morgan fingerprint density at radius 3 is 2.78 bits per heavy atom. The molecule has 1 aromatic carbocycles. The van der Waals surface area contributed by atoms with Gasteiger partial charge in [0.15, 0.2) is 6.39 Å². The molecule has 0 unspecified atom stereocenters. The van der Waals surface area contributed by atoms with Crippen LogP contribution in [0.15, 0.2) is 29.0 Å². The molecule has 1 amide bonds. The standard InChI is InChI=1S/C13H14N2O3/c1-8-4-5-11(17-3)10(6-8)15-13(16)12-9(2)14-7-18-12/h4-7H,1-3H3,(H,15,16). The number of amides is 1. The van der Waals surface area contributed by atoms with E-state index in [0.29, 0.717) is 17.1 Å². The Morgan fingerprint density at radius 2 is 2.17 bits per heavy atom. The van der Waals surface area contributed by atoms with Gasteiger partial charge in [-0.2, -0.15) is 0 Å². The zero-order chi connectivity index (χ0) is 13.1. The minimum atomic E-state index is -0.339. The summed E-state index contributed by atoms with van der Waals surface area (Å²) in [7, 11) is 1.56. The van der Waals surface area contributed by atoms with E-state index in [1.165, 1.54) is 6.39 Å². The molecule has 0 aliphatic rings. The van der Waals surface area contributed by atoms with Gasteiger partial charge in [-0.1, -0.05) is 6.07 Å². The van der Waals surface area contributed by atoms with Crippen molar-refractivity contribution in [2.24, 2.45) is 0 Å². The number of oxazole rings is 1.